The van der Waals surface area contributed by atoms with E-state index in [1.807, 2.05) is 24.3 Å². The topological polar surface area (TPSA) is 37.3 Å². The van der Waals surface area contributed by atoms with Gasteiger partial charge in [-0.25, -0.2) is 0 Å². The lowest BCUT2D eigenvalue weighted by atomic mass is 9.97. The molecule has 3 aromatic rings. The van der Waals surface area contributed by atoms with E-state index in [0.29, 0.717) is 6.42 Å². The van der Waals surface area contributed by atoms with Gasteiger partial charge in [-0.1, -0.05) is 42.5 Å². The first-order chi connectivity index (χ1) is 9.24. The molecule has 0 saturated carbocycles. The summed E-state index contributed by atoms with van der Waals surface area (Å²) < 4.78 is 0. The number of hydrogen-bond donors (Lipinski definition) is 1. The van der Waals surface area contributed by atoms with Crippen molar-refractivity contribution in [2.75, 3.05) is 0 Å². The van der Waals surface area contributed by atoms with Gasteiger partial charge in [0.05, 0.1) is 0 Å². The zero-order chi connectivity index (χ0) is 13.2. The van der Waals surface area contributed by atoms with Crippen LogP contribution in [0.2, 0.25) is 0 Å². The molecule has 0 amide bonds. The molecule has 0 unspecified atom stereocenters. The Morgan fingerprint density at radius 3 is 2.32 bits per heavy atom. The van der Waals surface area contributed by atoms with Crippen molar-refractivity contribution < 1.29 is 9.90 Å². The molecule has 2 heteroatoms. The number of aliphatic carboxylic acids is 1. The molecule has 0 aromatic heterocycles. The number of rotatable bonds is 3. The molecule has 0 radical (unpaired) electrons. The van der Waals surface area contributed by atoms with Crippen LogP contribution in [0.1, 0.15) is 12.0 Å². The third kappa shape index (κ3) is 2.29. The fraction of sp³-hybridized carbons (Fsp3) is 0.118. The van der Waals surface area contributed by atoms with Gasteiger partial charge in [-0.05, 0) is 45.7 Å². The molecule has 0 aliphatic carbocycles. The predicted molar refractivity (Wildman–Crippen MR) is 77.4 cm³/mol. The fourth-order valence-corrected chi connectivity index (χ4v) is 2.49. The summed E-state index contributed by atoms with van der Waals surface area (Å²) in [7, 11) is 0. The van der Waals surface area contributed by atoms with Crippen LogP contribution in [0, 0.1) is 0 Å². The van der Waals surface area contributed by atoms with E-state index in [1.165, 1.54) is 16.2 Å². The molecule has 3 aromatic carbocycles. The van der Waals surface area contributed by atoms with Gasteiger partial charge >= 0.3 is 5.97 Å². The average molecular weight is 250 g/mol. The number of fused-ring (bicyclic) bond motifs is 2. The number of carboxylic acid groups (broad SMARTS) is 1. The third-order valence-electron chi connectivity index (χ3n) is 3.45. The standard InChI is InChI=1S/C17H14O2/c18-17(19)9-8-12-6-3-7-15-10-13-4-1-2-5-14(13)11-16(12)15/h1-7,10-11H,8-9H2,(H,18,19). The molecule has 1 N–H and O–H groups in total. The highest BCUT2D eigenvalue weighted by Crippen LogP contribution is 2.26. The Kier molecular flexibility index (Phi) is 2.92. The summed E-state index contributed by atoms with van der Waals surface area (Å²) >= 11 is 0. The van der Waals surface area contributed by atoms with E-state index < -0.39 is 5.97 Å². The Labute approximate surface area is 111 Å². The van der Waals surface area contributed by atoms with E-state index in [2.05, 4.69) is 30.3 Å². The van der Waals surface area contributed by atoms with Crippen LogP contribution in [-0.4, -0.2) is 11.1 Å². The summed E-state index contributed by atoms with van der Waals surface area (Å²) in [6.45, 7) is 0. The summed E-state index contributed by atoms with van der Waals surface area (Å²) in [5.41, 5.74) is 1.10. The van der Waals surface area contributed by atoms with Crippen molar-refractivity contribution in [3.8, 4) is 0 Å². The van der Waals surface area contributed by atoms with Gasteiger partial charge < -0.3 is 5.11 Å². The molecular formula is C17H14O2. The van der Waals surface area contributed by atoms with Crippen LogP contribution in [0.5, 0.6) is 0 Å². The smallest absolute Gasteiger partial charge is 0.303 e. The molecule has 0 aliphatic rings. The average Bonchev–Trinajstić information content (AvgIpc) is 2.42. The molecule has 19 heavy (non-hydrogen) atoms. The van der Waals surface area contributed by atoms with Crippen molar-refractivity contribution in [2.24, 2.45) is 0 Å². The van der Waals surface area contributed by atoms with Crippen LogP contribution in [0.4, 0.5) is 0 Å². The molecule has 0 fully saturated rings. The van der Waals surface area contributed by atoms with Gasteiger partial charge in [-0.3, -0.25) is 4.79 Å². The lowest BCUT2D eigenvalue weighted by molar-refractivity contribution is -0.136. The van der Waals surface area contributed by atoms with Crippen molar-refractivity contribution in [1.82, 2.24) is 0 Å². The normalized spacial score (nSPS) is 10.9. The summed E-state index contributed by atoms with van der Waals surface area (Å²) in [4.78, 5) is 10.7. The minimum atomic E-state index is -0.752. The highest BCUT2D eigenvalue weighted by molar-refractivity contribution is 5.99. The molecule has 94 valence electrons. The van der Waals surface area contributed by atoms with Gasteiger partial charge in [-0.15, -0.1) is 0 Å². The Morgan fingerprint density at radius 1 is 0.895 bits per heavy atom. The van der Waals surface area contributed by atoms with Crippen LogP contribution < -0.4 is 0 Å². The number of carboxylic acids is 1. The van der Waals surface area contributed by atoms with E-state index in [-0.39, 0.29) is 6.42 Å². The van der Waals surface area contributed by atoms with Gasteiger partial charge in [0, 0.05) is 6.42 Å². The van der Waals surface area contributed by atoms with Crippen molar-refractivity contribution in [3.05, 3.63) is 60.2 Å². The maximum Gasteiger partial charge on any atom is 0.303 e. The monoisotopic (exact) mass is 250 g/mol. The van der Waals surface area contributed by atoms with E-state index >= 15 is 0 Å². The van der Waals surface area contributed by atoms with Crippen LogP contribution in [-0.2, 0) is 11.2 Å². The first kappa shape index (κ1) is 11.7. The Balaban J connectivity index is 2.17. The summed E-state index contributed by atoms with van der Waals surface area (Å²) in [5, 5.41) is 13.5. The highest BCUT2D eigenvalue weighted by atomic mass is 16.4. The first-order valence-corrected chi connectivity index (χ1v) is 6.36. The Bertz CT molecular complexity index is 759. The molecule has 0 aliphatic heterocycles. The Morgan fingerprint density at radius 2 is 1.58 bits per heavy atom. The predicted octanol–water partition coefficient (Wildman–Crippen LogP) is 4.01. The zero-order valence-electron chi connectivity index (χ0n) is 10.5. The lowest BCUT2D eigenvalue weighted by Gasteiger charge is -2.07. The van der Waals surface area contributed by atoms with Crippen molar-refractivity contribution in [3.63, 3.8) is 0 Å². The number of carbonyl (C=O) groups is 1. The number of benzene rings is 3. The maximum atomic E-state index is 10.7. The third-order valence-corrected chi connectivity index (χ3v) is 3.45. The Hall–Kier alpha value is -2.35. The van der Waals surface area contributed by atoms with Gasteiger partial charge in [0.25, 0.3) is 0 Å². The van der Waals surface area contributed by atoms with Gasteiger partial charge in [0.2, 0.25) is 0 Å². The lowest BCUT2D eigenvalue weighted by Crippen LogP contribution is -1.97. The van der Waals surface area contributed by atoms with E-state index in [0.717, 1.165) is 10.9 Å². The first-order valence-electron chi connectivity index (χ1n) is 6.36. The molecule has 0 bridgehead atoms. The minimum Gasteiger partial charge on any atom is -0.481 e. The summed E-state index contributed by atoms with van der Waals surface area (Å²) in [5.74, 6) is -0.752. The second kappa shape index (κ2) is 4.73. The van der Waals surface area contributed by atoms with E-state index in [9.17, 15) is 4.79 Å². The van der Waals surface area contributed by atoms with Crippen molar-refractivity contribution >= 4 is 27.5 Å². The summed E-state index contributed by atoms with van der Waals surface area (Å²) in [6.07, 6.45) is 0.747. The molecular weight excluding hydrogens is 236 g/mol. The van der Waals surface area contributed by atoms with Crippen molar-refractivity contribution in [1.29, 1.82) is 0 Å². The maximum absolute atomic E-state index is 10.7. The number of aryl methyl sites for hydroxylation is 1. The van der Waals surface area contributed by atoms with Crippen LogP contribution in [0.15, 0.2) is 54.6 Å². The SMILES string of the molecule is O=C(O)CCc1cccc2cc3ccccc3cc12. The molecule has 0 spiro atoms. The zero-order valence-corrected chi connectivity index (χ0v) is 10.5. The quantitative estimate of drug-likeness (QED) is 0.713. The summed E-state index contributed by atoms with van der Waals surface area (Å²) in [6, 6.07) is 18.6. The van der Waals surface area contributed by atoms with Crippen molar-refractivity contribution in [2.45, 2.75) is 12.8 Å². The number of hydrogen-bond acceptors (Lipinski definition) is 1. The van der Waals surface area contributed by atoms with Crippen LogP contribution >= 0.6 is 0 Å². The van der Waals surface area contributed by atoms with E-state index in [4.69, 9.17) is 5.11 Å². The van der Waals surface area contributed by atoms with Gasteiger partial charge in [-0.2, -0.15) is 0 Å². The molecule has 0 heterocycles. The van der Waals surface area contributed by atoms with Crippen LogP contribution in [0.25, 0.3) is 21.5 Å². The largest absolute Gasteiger partial charge is 0.481 e. The highest BCUT2D eigenvalue weighted by Gasteiger charge is 2.05. The van der Waals surface area contributed by atoms with Gasteiger partial charge in [0.1, 0.15) is 0 Å². The molecule has 2 nitrogen and oxygen atoms in total. The second-order valence-electron chi connectivity index (χ2n) is 4.73. The minimum absolute atomic E-state index is 0.173. The molecule has 3 rings (SSSR count). The fourth-order valence-electron chi connectivity index (χ4n) is 2.49. The van der Waals surface area contributed by atoms with Gasteiger partial charge in [0.15, 0.2) is 0 Å². The van der Waals surface area contributed by atoms with E-state index in [1.54, 1.807) is 0 Å². The molecule has 0 saturated heterocycles. The molecule has 0 atom stereocenters. The van der Waals surface area contributed by atoms with Crippen LogP contribution in [0.3, 0.4) is 0 Å². The second-order valence-corrected chi connectivity index (χ2v) is 4.73.